The van der Waals surface area contributed by atoms with Crippen LogP contribution >= 0.6 is 11.6 Å². The predicted molar refractivity (Wildman–Crippen MR) is 70.0 cm³/mol. The maximum Gasteiger partial charge on any atom is 0.142 e. The van der Waals surface area contributed by atoms with E-state index < -0.39 is 0 Å². The lowest BCUT2D eigenvalue weighted by Crippen LogP contribution is -2.18. The van der Waals surface area contributed by atoms with E-state index in [2.05, 4.69) is 10.4 Å². The van der Waals surface area contributed by atoms with E-state index in [4.69, 9.17) is 11.6 Å². The molecule has 0 bridgehead atoms. The summed E-state index contributed by atoms with van der Waals surface area (Å²) in [6.07, 6.45) is 2.65. The molecule has 1 heterocycles. The summed E-state index contributed by atoms with van der Waals surface area (Å²) in [6.45, 7) is 1.36. The third kappa shape index (κ3) is 3.09. The largest absolute Gasteiger partial charge is 0.312 e. The van der Waals surface area contributed by atoms with E-state index in [9.17, 15) is 4.39 Å². The smallest absolute Gasteiger partial charge is 0.142 e. The molecule has 18 heavy (non-hydrogen) atoms. The van der Waals surface area contributed by atoms with E-state index in [1.807, 2.05) is 23.9 Å². The van der Waals surface area contributed by atoms with Crippen LogP contribution in [0.1, 0.15) is 11.3 Å². The van der Waals surface area contributed by atoms with E-state index in [1.54, 1.807) is 12.3 Å². The van der Waals surface area contributed by atoms with Crippen molar-refractivity contribution in [3.05, 3.63) is 52.6 Å². The van der Waals surface area contributed by atoms with Gasteiger partial charge in [0.25, 0.3) is 0 Å². The van der Waals surface area contributed by atoms with E-state index in [1.165, 1.54) is 6.07 Å². The molecular formula is C13H15ClFN3. The first-order valence-electron chi connectivity index (χ1n) is 5.79. The summed E-state index contributed by atoms with van der Waals surface area (Å²) in [4.78, 5) is 0. The Morgan fingerprint density at radius 1 is 1.39 bits per heavy atom. The molecule has 1 N–H and O–H groups in total. The van der Waals surface area contributed by atoms with Crippen LogP contribution in [0.25, 0.3) is 0 Å². The highest BCUT2D eigenvalue weighted by Gasteiger charge is 2.05. The maximum absolute atomic E-state index is 13.2. The summed E-state index contributed by atoms with van der Waals surface area (Å²) in [5.41, 5.74) is 1.94. The number of nitrogens with one attached hydrogen (secondary N) is 1. The van der Waals surface area contributed by atoms with Gasteiger partial charge in [0.05, 0.1) is 5.02 Å². The SMILES string of the molecule is Cn1nccc1CCNCc1cccc(F)c1Cl. The fourth-order valence-electron chi connectivity index (χ4n) is 1.77. The lowest BCUT2D eigenvalue weighted by Gasteiger charge is -2.07. The first-order valence-corrected chi connectivity index (χ1v) is 6.17. The number of nitrogens with zero attached hydrogens (tertiary/aromatic N) is 2. The molecule has 0 aliphatic carbocycles. The van der Waals surface area contributed by atoms with Gasteiger partial charge in [0, 0.05) is 38.4 Å². The summed E-state index contributed by atoms with van der Waals surface area (Å²) in [5.74, 6) is -0.373. The number of benzene rings is 1. The topological polar surface area (TPSA) is 29.9 Å². The van der Waals surface area contributed by atoms with Gasteiger partial charge in [-0.15, -0.1) is 0 Å². The molecule has 0 saturated carbocycles. The predicted octanol–water partition coefficient (Wildman–Crippen LogP) is 2.54. The summed E-state index contributed by atoms with van der Waals surface area (Å²) in [6, 6.07) is 6.83. The number of aryl methyl sites for hydroxylation is 1. The number of rotatable bonds is 5. The average Bonchev–Trinajstić information content (AvgIpc) is 2.76. The Morgan fingerprint density at radius 2 is 2.22 bits per heavy atom. The minimum Gasteiger partial charge on any atom is -0.312 e. The molecule has 2 rings (SSSR count). The lowest BCUT2D eigenvalue weighted by molar-refractivity contribution is 0.616. The monoisotopic (exact) mass is 267 g/mol. The second kappa shape index (κ2) is 5.98. The zero-order valence-electron chi connectivity index (χ0n) is 10.2. The van der Waals surface area contributed by atoms with Crippen molar-refractivity contribution in [2.45, 2.75) is 13.0 Å². The Labute approximate surface area is 111 Å². The number of halogens is 2. The molecule has 0 aliphatic rings. The molecule has 3 nitrogen and oxygen atoms in total. The van der Waals surface area contributed by atoms with Gasteiger partial charge in [0.2, 0.25) is 0 Å². The normalized spacial score (nSPS) is 10.8. The van der Waals surface area contributed by atoms with E-state index in [0.29, 0.717) is 6.54 Å². The maximum atomic E-state index is 13.2. The highest BCUT2D eigenvalue weighted by atomic mass is 35.5. The Hall–Kier alpha value is -1.39. The van der Waals surface area contributed by atoms with Crippen LogP contribution in [0.2, 0.25) is 5.02 Å². The minimum absolute atomic E-state index is 0.200. The molecule has 5 heteroatoms. The van der Waals surface area contributed by atoms with Gasteiger partial charge in [0.15, 0.2) is 0 Å². The lowest BCUT2D eigenvalue weighted by atomic mass is 10.2. The van der Waals surface area contributed by atoms with E-state index in [-0.39, 0.29) is 10.8 Å². The van der Waals surface area contributed by atoms with Gasteiger partial charge in [-0.05, 0) is 17.7 Å². The Balaban J connectivity index is 1.82. The molecule has 0 spiro atoms. The first kappa shape index (κ1) is 13.1. The Kier molecular flexibility index (Phi) is 4.33. The van der Waals surface area contributed by atoms with Crippen molar-refractivity contribution in [1.82, 2.24) is 15.1 Å². The van der Waals surface area contributed by atoms with Crippen molar-refractivity contribution in [2.75, 3.05) is 6.54 Å². The van der Waals surface area contributed by atoms with Crippen LogP contribution in [-0.2, 0) is 20.0 Å². The Morgan fingerprint density at radius 3 is 2.94 bits per heavy atom. The number of aromatic nitrogens is 2. The zero-order valence-corrected chi connectivity index (χ0v) is 10.9. The Bertz CT molecular complexity index is 525. The van der Waals surface area contributed by atoms with Crippen molar-refractivity contribution in [3.63, 3.8) is 0 Å². The van der Waals surface area contributed by atoms with Gasteiger partial charge in [-0.1, -0.05) is 23.7 Å². The summed E-state index contributed by atoms with van der Waals surface area (Å²) >= 11 is 5.87. The third-order valence-corrected chi connectivity index (χ3v) is 3.25. The number of hydrogen-bond acceptors (Lipinski definition) is 2. The van der Waals surface area contributed by atoms with Crippen LogP contribution in [0.5, 0.6) is 0 Å². The summed E-state index contributed by atoms with van der Waals surface area (Å²) < 4.78 is 15.0. The minimum atomic E-state index is -0.373. The molecule has 0 saturated heterocycles. The van der Waals surface area contributed by atoms with Crippen LogP contribution in [0.15, 0.2) is 30.5 Å². The molecule has 0 aliphatic heterocycles. The molecule has 2 aromatic rings. The van der Waals surface area contributed by atoms with E-state index >= 15 is 0 Å². The van der Waals surface area contributed by atoms with Crippen molar-refractivity contribution in [1.29, 1.82) is 0 Å². The number of hydrogen-bond donors (Lipinski definition) is 1. The van der Waals surface area contributed by atoms with Crippen molar-refractivity contribution in [3.8, 4) is 0 Å². The molecule has 0 amide bonds. The van der Waals surface area contributed by atoms with Gasteiger partial charge >= 0.3 is 0 Å². The third-order valence-electron chi connectivity index (χ3n) is 2.83. The highest BCUT2D eigenvalue weighted by Crippen LogP contribution is 2.19. The molecule has 1 aromatic carbocycles. The van der Waals surface area contributed by atoms with Gasteiger partial charge in [0.1, 0.15) is 5.82 Å². The molecular weight excluding hydrogens is 253 g/mol. The first-order chi connectivity index (χ1) is 8.68. The second-order valence-corrected chi connectivity index (χ2v) is 4.46. The molecule has 0 fully saturated rings. The van der Waals surface area contributed by atoms with Crippen molar-refractivity contribution < 1.29 is 4.39 Å². The van der Waals surface area contributed by atoms with Gasteiger partial charge in [-0.2, -0.15) is 5.10 Å². The zero-order chi connectivity index (χ0) is 13.0. The van der Waals surface area contributed by atoms with Crippen molar-refractivity contribution in [2.24, 2.45) is 7.05 Å². The molecule has 96 valence electrons. The van der Waals surface area contributed by atoms with Crippen LogP contribution in [-0.4, -0.2) is 16.3 Å². The highest BCUT2D eigenvalue weighted by molar-refractivity contribution is 6.31. The van der Waals surface area contributed by atoms with E-state index in [0.717, 1.165) is 24.2 Å². The average molecular weight is 268 g/mol. The molecule has 1 aromatic heterocycles. The molecule has 0 atom stereocenters. The molecule has 0 radical (unpaired) electrons. The van der Waals surface area contributed by atoms with Gasteiger partial charge in [-0.25, -0.2) is 4.39 Å². The van der Waals surface area contributed by atoms with Crippen LogP contribution < -0.4 is 5.32 Å². The van der Waals surface area contributed by atoms with Gasteiger partial charge in [-0.3, -0.25) is 4.68 Å². The van der Waals surface area contributed by atoms with Crippen molar-refractivity contribution >= 4 is 11.6 Å². The van der Waals surface area contributed by atoms with Crippen LogP contribution in [0.4, 0.5) is 4.39 Å². The van der Waals surface area contributed by atoms with Gasteiger partial charge < -0.3 is 5.32 Å². The fourth-order valence-corrected chi connectivity index (χ4v) is 1.96. The fraction of sp³-hybridized carbons (Fsp3) is 0.308. The van der Waals surface area contributed by atoms with Crippen LogP contribution in [0.3, 0.4) is 0 Å². The molecule has 0 unspecified atom stereocenters. The quantitative estimate of drug-likeness (QED) is 0.844. The summed E-state index contributed by atoms with van der Waals surface area (Å²) in [5, 5.41) is 7.54. The van der Waals surface area contributed by atoms with Crippen LogP contribution in [0, 0.1) is 5.82 Å². The summed E-state index contributed by atoms with van der Waals surface area (Å²) in [7, 11) is 1.92. The second-order valence-electron chi connectivity index (χ2n) is 4.09. The standard InChI is InChI=1S/C13H15ClFN3/c1-18-11(6-8-17-18)5-7-16-9-10-3-2-4-12(15)13(10)14/h2-4,6,8,16H,5,7,9H2,1H3.